The maximum Gasteiger partial charge on any atom is 0.253 e. The fraction of sp³-hybridized carbons (Fsp3) is 0.545. The first-order chi connectivity index (χ1) is 8.00. The highest BCUT2D eigenvalue weighted by molar-refractivity contribution is 7.80. The monoisotopic (exact) mass is 256 g/mol. The zero-order chi connectivity index (χ0) is 12.8. The predicted octanol–water partition coefficient (Wildman–Crippen LogP) is 0.126. The predicted molar refractivity (Wildman–Crippen MR) is 66.6 cm³/mol. The minimum Gasteiger partial charge on any atom is -0.356 e. The molecule has 1 aliphatic heterocycles. The number of imide groups is 1. The molecule has 0 saturated carbocycles. The van der Waals surface area contributed by atoms with Crippen molar-refractivity contribution >= 4 is 30.4 Å². The van der Waals surface area contributed by atoms with Crippen LogP contribution >= 0.6 is 12.6 Å². The van der Waals surface area contributed by atoms with Gasteiger partial charge in [-0.2, -0.15) is 12.6 Å². The van der Waals surface area contributed by atoms with Crippen LogP contribution in [0.2, 0.25) is 0 Å². The van der Waals surface area contributed by atoms with E-state index in [9.17, 15) is 14.4 Å². The average Bonchev–Trinajstić information content (AvgIpc) is 2.55. The third-order valence-electron chi connectivity index (χ3n) is 2.35. The maximum atomic E-state index is 11.4. The summed E-state index contributed by atoms with van der Waals surface area (Å²) in [6.45, 7) is 2.64. The van der Waals surface area contributed by atoms with Crippen molar-refractivity contribution in [3.05, 3.63) is 12.2 Å². The molecule has 0 saturated heterocycles. The van der Waals surface area contributed by atoms with Gasteiger partial charge in [-0.3, -0.25) is 19.3 Å². The molecule has 0 aromatic rings. The standard InChI is InChI=1S/C11H16N2O3S/c1-8(17)4-6-12-9(14)5-7-13-10(15)2-3-11(13)16/h2-3,8,17H,4-7H2,1H3,(H,12,14). The van der Waals surface area contributed by atoms with Gasteiger partial charge in [-0.25, -0.2) is 0 Å². The van der Waals surface area contributed by atoms with Crippen LogP contribution in [-0.4, -0.2) is 41.0 Å². The first-order valence-corrected chi connectivity index (χ1v) is 6.00. The van der Waals surface area contributed by atoms with Crippen molar-refractivity contribution in [2.75, 3.05) is 13.1 Å². The lowest BCUT2D eigenvalue weighted by Gasteiger charge is -2.13. The van der Waals surface area contributed by atoms with Gasteiger partial charge in [0.15, 0.2) is 0 Å². The van der Waals surface area contributed by atoms with Gasteiger partial charge >= 0.3 is 0 Å². The molecule has 17 heavy (non-hydrogen) atoms. The van der Waals surface area contributed by atoms with Crippen molar-refractivity contribution in [3.63, 3.8) is 0 Å². The summed E-state index contributed by atoms with van der Waals surface area (Å²) in [7, 11) is 0. The Bertz CT molecular complexity index is 335. The Kier molecular flexibility index (Phi) is 5.21. The molecule has 94 valence electrons. The Balaban J connectivity index is 2.20. The molecule has 3 amide bonds. The normalized spacial score (nSPS) is 16.5. The Morgan fingerprint density at radius 3 is 2.53 bits per heavy atom. The lowest BCUT2D eigenvalue weighted by atomic mass is 10.3. The number of nitrogens with zero attached hydrogens (tertiary/aromatic N) is 1. The molecule has 0 aromatic carbocycles. The van der Waals surface area contributed by atoms with Crippen molar-refractivity contribution in [2.45, 2.75) is 25.0 Å². The molecule has 1 heterocycles. The summed E-state index contributed by atoms with van der Waals surface area (Å²) in [4.78, 5) is 34.8. The highest BCUT2D eigenvalue weighted by Gasteiger charge is 2.23. The topological polar surface area (TPSA) is 66.5 Å². The van der Waals surface area contributed by atoms with Crippen LogP contribution in [0, 0.1) is 0 Å². The lowest BCUT2D eigenvalue weighted by molar-refractivity contribution is -0.137. The number of rotatable bonds is 6. The minimum absolute atomic E-state index is 0.132. The van der Waals surface area contributed by atoms with Crippen molar-refractivity contribution in [1.82, 2.24) is 10.2 Å². The number of nitrogens with one attached hydrogen (secondary N) is 1. The highest BCUT2D eigenvalue weighted by Crippen LogP contribution is 2.04. The van der Waals surface area contributed by atoms with E-state index in [0.717, 1.165) is 11.3 Å². The maximum absolute atomic E-state index is 11.4. The van der Waals surface area contributed by atoms with Gasteiger partial charge in [0.2, 0.25) is 5.91 Å². The van der Waals surface area contributed by atoms with E-state index in [0.29, 0.717) is 6.54 Å². The molecular weight excluding hydrogens is 240 g/mol. The van der Waals surface area contributed by atoms with Crippen LogP contribution in [0.5, 0.6) is 0 Å². The Morgan fingerprint density at radius 2 is 2.00 bits per heavy atom. The molecule has 0 aromatic heterocycles. The van der Waals surface area contributed by atoms with Gasteiger partial charge in [0.05, 0.1) is 0 Å². The van der Waals surface area contributed by atoms with E-state index in [1.807, 2.05) is 6.92 Å². The van der Waals surface area contributed by atoms with Crippen molar-refractivity contribution in [3.8, 4) is 0 Å². The van der Waals surface area contributed by atoms with Gasteiger partial charge in [0.1, 0.15) is 0 Å². The highest BCUT2D eigenvalue weighted by atomic mass is 32.1. The van der Waals surface area contributed by atoms with E-state index in [4.69, 9.17) is 0 Å². The summed E-state index contributed by atoms with van der Waals surface area (Å²) in [6.07, 6.45) is 3.35. The van der Waals surface area contributed by atoms with E-state index in [1.165, 1.54) is 12.2 Å². The van der Waals surface area contributed by atoms with E-state index < -0.39 is 0 Å². The molecular formula is C11H16N2O3S. The average molecular weight is 256 g/mol. The molecule has 0 bridgehead atoms. The Labute approximate surface area is 106 Å². The summed E-state index contributed by atoms with van der Waals surface area (Å²) in [5.74, 6) is -0.870. The minimum atomic E-state index is -0.355. The molecule has 0 aliphatic carbocycles. The lowest BCUT2D eigenvalue weighted by Crippen LogP contribution is -2.35. The molecule has 1 aliphatic rings. The smallest absolute Gasteiger partial charge is 0.253 e. The van der Waals surface area contributed by atoms with Gasteiger partial charge in [-0.05, 0) is 6.42 Å². The van der Waals surface area contributed by atoms with Crippen LogP contribution in [0.4, 0.5) is 0 Å². The van der Waals surface area contributed by atoms with E-state index >= 15 is 0 Å². The van der Waals surface area contributed by atoms with E-state index in [1.54, 1.807) is 0 Å². The van der Waals surface area contributed by atoms with Crippen molar-refractivity contribution in [1.29, 1.82) is 0 Å². The van der Waals surface area contributed by atoms with E-state index in [2.05, 4.69) is 17.9 Å². The Morgan fingerprint density at radius 1 is 1.41 bits per heavy atom. The number of carbonyl (C=O) groups excluding carboxylic acids is 3. The first-order valence-electron chi connectivity index (χ1n) is 5.49. The molecule has 5 nitrogen and oxygen atoms in total. The Hall–Kier alpha value is -1.30. The molecule has 0 fully saturated rings. The quantitative estimate of drug-likeness (QED) is 0.524. The number of hydrogen-bond donors (Lipinski definition) is 2. The summed E-state index contributed by atoms with van der Waals surface area (Å²) in [6, 6.07) is 0. The second-order valence-electron chi connectivity index (χ2n) is 3.90. The number of hydrogen-bond acceptors (Lipinski definition) is 4. The fourth-order valence-electron chi connectivity index (χ4n) is 1.37. The van der Waals surface area contributed by atoms with Crippen molar-refractivity contribution < 1.29 is 14.4 Å². The molecule has 1 N–H and O–H groups in total. The van der Waals surface area contributed by atoms with Gasteiger partial charge in [0.25, 0.3) is 11.8 Å². The van der Waals surface area contributed by atoms with E-state index in [-0.39, 0.29) is 35.9 Å². The fourth-order valence-corrected chi connectivity index (χ4v) is 1.50. The van der Waals surface area contributed by atoms with Crippen LogP contribution in [-0.2, 0) is 14.4 Å². The molecule has 0 spiro atoms. The second-order valence-corrected chi connectivity index (χ2v) is 4.78. The third kappa shape index (κ3) is 4.60. The summed E-state index contributed by atoms with van der Waals surface area (Å²) in [5, 5.41) is 2.95. The van der Waals surface area contributed by atoms with Crippen LogP contribution in [0.3, 0.4) is 0 Å². The van der Waals surface area contributed by atoms with Crippen LogP contribution in [0.25, 0.3) is 0 Å². The molecule has 6 heteroatoms. The summed E-state index contributed by atoms with van der Waals surface area (Å²) < 4.78 is 0. The van der Waals surface area contributed by atoms with Gasteiger partial charge in [-0.15, -0.1) is 0 Å². The summed E-state index contributed by atoms with van der Waals surface area (Å²) in [5.41, 5.74) is 0. The molecule has 1 atom stereocenters. The molecule has 1 unspecified atom stereocenters. The second kappa shape index (κ2) is 6.44. The van der Waals surface area contributed by atoms with Crippen LogP contribution < -0.4 is 5.32 Å². The zero-order valence-electron chi connectivity index (χ0n) is 9.68. The number of carbonyl (C=O) groups is 3. The third-order valence-corrected chi connectivity index (χ3v) is 2.61. The van der Waals surface area contributed by atoms with Gasteiger partial charge in [-0.1, -0.05) is 6.92 Å². The largest absolute Gasteiger partial charge is 0.356 e. The van der Waals surface area contributed by atoms with Crippen LogP contribution in [0.1, 0.15) is 19.8 Å². The molecule has 1 rings (SSSR count). The first kappa shape index (κ1) is 13.8. The SMILES string of the molecule is CC(S)CCNC(=O)CCN1C(=O)C=CC1=O. The van der Waals surface area contributed by atoms with Gasteiger partial charge in [0, 0.05) is 36.9 Å². The number of thiol groups is 1. The summed E-state index contributed by atoms with van der Waals surface area (Å²) >= 11 is 4.19. The van der Waals surface area contributed by atoms with Gasteiger partial charge < -0.3 is 5.32 Å². The number of amides is 3. The molecule has 0 radical (unpaired) electrons. The van der Waals surface area contributed by atoms with Crippen molar-refractivity contribution in [2.24, 2.45) is 0 Å². The zero-order valence-corrected chi connectivity index (χ0v) is 10.6. The van der Waals surface area contributed by atoms with Crippen LogP contribution in [0.15, 0.2) is 12.2 Å².